The maximum absolute atomic E-state index is 9.73. The van der Waals surface area contributed by atoms with Crippen LogP contribution in [0.4, 0.5) is 0 Å². The minimum absolute atomic E-state index is 0.367. The van der Waals surface area contributed by atoms with E-state index in [-0.39, 0.29) is 0 Å². The summed E-state index contributed by atoms with van der Waals surface area (Å²) in [6.45, 7) is 0.735. The molecule has 1 aliphatic rings. The Kier molecular flexibility index (Phi) is 2.97. The summed E-state index contributed by atoms with van der Waals surface area (Å²) in [5.74, 6) is 11.4. The number of aliphatic hydroxyl groups is 1. The molecule has 19 heavy (non-hydrogen) atoms. The molecule has 1 aliphatic heterocycles. The van der Waals surface area contributed by atoms with Crippen molar-refractivity contribution < 1.29 is 9.84 Å². The number of aromatic nitrogens is 2. The highest BCUT2D eigenvalue weighted by Gasteiger charge is 2.34. The molecule has 3 rings (SSSR count). The molecule has 0 saturated carbocycles. The van der Waals surface area contributed by atoms with Gasteiger partial charge < -0.3 is 9.84 Å². The Bertz CT molecular complexity index is 721. The van der Waals surface area contributed by atoms with Gasteiger partial charge in [0.2, 0.25) is 0 Å². The molecule has 0 atom stereocenters. The van der Waals surface area contributed by atoms with Gasteiger partial charge in [-0.3, -0.25) is 5.10 Å². The van der Waals surface area contributed by atoms with Crippen LogP contribution in [0.1, 0.15) is 12.0 Å². The van der Waals surface area contributed by atoms with Crippen LogP contribution in [-0.2, 0) is 4.74 Å². The van der Waals surface area contributed by atoms with Crippen LogP contribution in [0.25, 0.3) is 10.9 Å². The summed E-state index contributed by atoms with van der Waals surface area (Å²) in [6.07, 6.45) is 2.17. The van der Waals surface area contributed by atoms with Gasteiger partial charge in [0.25, 0.3) is 0 Å². The van der Waals surface area contributed by atoms with Crippen LogP contribution < -0.4 is 0 Å². The summed E-state index contributed by atoms with van der Waals surface area (Å²) in [5.41, 5.74) is 1.13. The number of rotatable bonds is 1. The van der Waals surface area contributed by atoms with Gasteiger partial charge in [0, 0.05) is 17.4 Å². The maximum Gasteiger partial charge on any atom is 0.122 e. The third kappa shape index (κ3) is 2.61. The molecule has 2 aromatic rings. The van der Waals surface area contributed by atoms with E-state index in [1.165, 1.54) is 0 Å². The molecule has 2 heterocycles. The highest BCUT2D eigenvalue weighted by Crippen LogP contribution is 2.19. The standard InChI is InChI=1S/C15H12N2O2/c18-15(10-19-11-15)7-3-1-2-4-12-5-6-14-13(8-12)9-16-17-14/h5-6,8-9,18H,7,10-11H2,(H,16,17). The van der Waals surface area contributed by atoms with E-state index in [0.29, 0.717) is 19.6 Å². The molecule has 1 fully saturated rings. The van der Waals surface area contributed by atoms with Crippen molar-refractivity contribution in [2.24, 2.45) is 0 Å². The number of fused-ring (bicyclic) bond motifs is 1. The SMILES string of the molecule is OC1(CC#CC#Cc2ccc3[nH]ncc3c2)COC1. The number of hydrogen-bond acceptors (Lipinski definition) is 3. The lowest BCUT2D eigenvalue weighted by atomic mass is 9.99. The Morgan fingerprint density at radius 3 is 3.05 bits per heavy atom. The smallest absolute Gasteiger partial charge is 0.122 e. The number of aromatic amines is 1. The van der Waals surface area contributed by atoms with Crippen LogP contribution in [0.5, 0.6) is 0 Å². The molecule has 94 valence electrons. The second-order valence-electron chi connectivity index (χ2n) is 4.62. The van der Waals surface area contributed by atoms with E-state index in [1.807, 2.05) is 18.2 Å². The minimum atomic E-state index is -0.760. The van der Waals surface area contributed by atoms with Crippen LogP contribution in [0.3, 0.4) is 0 Å². The third-order valence-corrected chi connectivity index (χ3v) is 2.96. The largest absolute Gasteiger partial charge is 0.384 e. The normalized spacial score (nSPS) is 15.8. The molecule has 0 unspecified atom stereocenters. The highest BCUT2D eigenvalue weighted by atomic mass is 16.5. The van der Waals surface area contributed by atoms with Crippen molar-refractivity contribution in [3.05, 3.63) is 30.0 Å². The van der Waals surface area contributed by atoms with E-state index in [9.17, 15) is 5.11 Å². The second kappa shape index (κ2) is 4.78. The summed E-state index contributed by atoms with van der Waals surface area (Å²) in [7, 11) is 0. The van der Waals surface area contributed by atoms with Crippen molar-refractivity contribution in [1.29, 1.82) is 0 Å². The summed E-state index contributed by atoms with van der Waals surface area (Å²) in [5, 5.41) is 17.6. The van der Waals surface area contributed by atoms with Crippen molar-refractivity contribution in [2.45, 2.75) is 12.0 Å². The second-order valence-corrected chi connectivity index (χ2v) is 4.62. The van der Waals surface area contributed by atoms with Crippen molar-refractivity contribution in [2.75, 3.05) is 13.2 Å². The van der Waals surface area contributed by atoms with Gasteiger partial charge in [0.15, 0.2) is 0 Å². The Balaban J connectivity index is 1.68. The molecule has 0 bridgehead atoms. The maximum atomic E-state index is 9.73. The fourth-order valence-corrected chi connectivity index (χ4v) is 1.82. The Labute approximate surface area is 110 Å². The lowest BCUT2D eigenvalue weighted by Gasteiger charge is -2.34. The molecule has 0 amide bonds. The lowest BCUT2D eigenvalue weighted by Crippen LogP contribution is -2.49. The lowest BCUT2D eigenvalue weighted by molar-refractivity contribution is -0.174. The number of nitrogens with zero attached hydrogens (tertiary/aromatic N) is 1. The summed E-state index contributed by atoms with van der Waals surface area (Å²) in [4.78, 5) is 0. The monoisotopic (exact) mass is 252 g/mol. The summed E-state index contributed by atoms with van der Waals surface area (Å²) >= 11 is 0. The van der Waals surface area contributed by atoms with Gasteiger partial charge in [0.1, 0.15) is 5.60 Å². The van der Waals surface area contributed by atoms with E-state index >= 15 is 0 Å². The molecule has 0 spiro atoms. The van der Waals surface area contributed by atoms with E-state index < -0.39 is 5.60 Å². The number of H-pyrrole nitrogens is 1. The van der Waals surface area contributed by atoms with Crippen LogP contribution in [0, 0.1) is 23.7 Å². The fourth-order valence-electron chi connectivity index (χ4n) is 1.82. The zero-order chi connectivity index (χ0) is 13.1. The number of ether oxygens (including phenoxy) is 1. The van der Waals surface area contributed by atoms with Crippen LogP contribution in [0.2, 0.25) is 0 Å². The molecule has 4 heteroatoms. The van der Waals surface area contributed by atoms with Crippen molar-refractivity contribution in [3.63, 3.8) is 0 Å². The van der Waals surface area contributed by atoms with Crippen molar-refractivity contribution in [1.82, 2.24) is 10.2 Å². The number of benzene rings is 1. The zero-order valence-electron chi connectivity index (χ0n) is 10.2. The number of nitrogens with one attached hydrogen (secondary N) is 1. The average Bonchev–Trinajstić information content (AvgIpc) is 2.83. The molecule has 0 radical (unpaired) electrons. The van der Waals surface area contributed by atoms with E-state index in [2.05, 4.69) is 33.9 Å². The predicted molar refractivity (Wildman–Crippen MR) is 71.1 cm³/mol. The topological polar surface area (TPSA) is 58.1 Å². The van der Waals surface area contributed by atoms with Gasteiger partial charge >= 0.3 is 0 Å². The summed E-state index contributed by atoms with van der Waals surface area (Å²) < 4.78 is 4.93. The molecule has 4 nitrogen and oxygen atoms in total. The molecule has 1 aromatic carbocycles. The van der Waals surface area contributed by atoms with Gasteiger partial charge in [-0.15, -0.1) is 0 Å². The van der Waals surface area contributed by atoms with Gasteiger partial charge in [-0.1, -0.05) is 11.8 Å². The molecule has 0 aliphatic carbocycles. The Morgan fingerprint density at radius 1 is 1.37 bits per heavy atom. The first kappa shape index (κ1) is 11.8. The Hall–Kier alpha value is -2.27. The third-order valence-electron chi connectivity index (χ3n) is 2.96. The summed E-state index contributed by atoms with van der Waals surface area (Å²) in [6, 6.07) is 5.82. The molecular weight excluding hydrogens is 240 g/mol. The predicted octanol–water partition coefficient (Wildman–Crippen LogP) is 1.07. The van der Waals surface area contributed by atoms with Gasteiger partial charge in [0.05, 0.1) is 24.9 Å². The highest BCUT2D eigenvalue weighted by molar-refractivity contribution is 5.79. The molecule has 2 N–H and O–H groups in total. The van der Waals surface area contributed by atoms with E-state index in [4.69, 9.17) is 4.74 Å². The quantitative estimate of drug-likeness (QED) is 0.746. The van der Waals surface area contributed by atoms with Gasteiger partial charge in [-0.05, 0) is 30.0 Å². The van der Waals surface area contributed by atoms with Gasteiger partial charge in [-0.25, -0.2) is 0 Å². The zero-order valence-corrected chi connectivity index (χ0v) is 10.2. The fraction of sp³-hybridized carbons (Fsp3) is 0.267. The van der Waals surface area contributed by atoms with Crippen molar-refractivity contribution >= 4 is 10.9 Å². The van der Waals surface area contributed by atoms with Crippen LogP contribution in [0.15, 0.2) is 24.4 Å². The van der Waals surface area contributed by atoms with Crippen LogP contribution >= 0.6 is 0 Å². The van der Waals surface area contributed by atoms with E-state index in [1.54, 1.807) is 6.20 Å². The molecule has 1 saturated heterocycles. The van der Waals surface area contributed by atoms with Crippen LogP contribution in [-0.4, -0.2) is 34.1 Å². The van der Waals surface area contributed by atoms with E-state index in [0.717, 1.165) is 16.5 Å². The van der Waals surface area contributed by atoms with Gasteiger partial charge in [-0.2, -0.15) is 5.10 Å². The first-order chi connectivity index (χ1) is 9.25. The van der Waals surface area contributed by atoms with Crippen molar-refractivity contribution in [3.8, 4) is 23.7 Å². The molecular formula is C15H12N2O2. The average molecular weight is 252 g/mol. The first-order valence-corrected chi connectivity index (χ1v) is 5.97. The first-order valence-electron chi connectivity index (χ1n) is 5.97. The number of hydrogen-bond donors (Lipinski definition) is 2. The molecule has 1 aromatic heterocycles. The minimum Gasteiger partial charge on any atom is -0.384 e. The Morgan fingerprint density at radius 2 is 2.26 bits per heavy atom.